The zero-order chi connectivity index (χ0) is 11.5. The summed E-state index contributed by atoms with van der Waals surface area (Å²) in [5.74, 6) is 0.395. The number of carbonyl (C=O) groups is 1. The molecule has 0 saturated heterocycles. The Balaban J connectivity index is 2.81. The first-order valence-corrected chi connectivity index (χ1v) is 5.85. The predicted molar refractivity (Wildman–Crippen MR) is 60.3 cm³/mol. The van der Waals surface area contributed by atoms with Crippen molar-refractivity contribution in [1.29, 1.82) is 0 Å². The van der Waals surface area contributed by atoms with Gasteiger partial charge < -0.3 is 10.5 Å². The highest BCUT2D eigenvalue weighted by Crippen LogP contribution is 2.45. The Morgan fingerprint density at radius 1 is 1.60 bits per heavy atom. The van der Waals surface area contributed by atoms with Crippen LogP contribution in [0.4, 0.5) is 0 Å². The average molecular weight is 213 g/mol. The van der Waals surface area contributed by atoms with Gasteiger partial charge in [0.25, 0.3) is 0 Å². The minimum atomic E-state index is -0.124. The second-order valence-corrected chi connectivity index (χ2v) is 4.92. The number of ether oxygens (including phenoxy) is 1. The van der Waals surface area contributed by atoms with E-state index in [0.29, 0.717) is 12.3 Å². The molecule has 0 aromatic carbocycles. The van der Waals surface area contributed by atoms with E-state index in [0.717, 1.165) is 6.42 Å². The lowest BCUT2D eigenvalue weighted by Crippen LogP contribution is -2.47. The van der Waals surface area contributed by atoms with Crippen molar-refractivity contribution < 1.29 is 9.53 Å². The summed E-state index contributed by atoms with van der Waals surface area (Å²) < 4.78 is 4.78. The minimum absolute atomic E-state index is 0.0364. The van der Waals surface area contributed by atoms with Crippen LogP contribution < -0.4 is 5.73 Å². The molecule has 1 rings (SSSR count). The van der Waals surface area contributed by atoms with E-state index in [1.165, 1.54) is 26.4 Å². The molecule has 0 aromatic heterocycles. The molecule has 3 nitrogen and oxygen atoms in total. The lowest BCUT2D eigenvalue weighted by atomic mass is 9.61. The zero-order valence-corrected chi connectivity index (χ0v) is 10.1. The van der Waals surface area contributed by atoms with Gasteiger partial charge >= 0.3 is 5.97 Å². The van der Waals surface area contributed by atoms with Gasteiger partial charge in [-0.3, -0.25) is 4.79 Å². The predicted octanol–water partition coefficient (Wildman–Crippen LogP) is 2.09. The van der Waals surface area contributed by atoms with Crippen LogP contribution in [0.2, 0.25) is 0 Å². The van der Waals surface area contributed by atoms with Crippen LogP contribution in [0.1, 0.15) is 46.0 Å². The topological polar surface area (TPSA) is 52.3 Å². The van der Waals surface area contributed by atoms with Crippen molar-refractivity contribution in [1.82, 2.24) is 0 Å². The van der Waals surface area contributed by atoms with Crippen molar-refractivity contribution in [2.75, 3.05) is 7.11 Å². The molecule has 3 atom stereocenters. The molecule has 88 valence electrons. The van der Waals surface area contributed by atoms with Gasteiger partial charge in [-0.1, -0.05) is 26.2 Å². The third-order valence-corrected chi connectivity index (χ3v) is 4.12. The molecule has 1 saturated carbocycles. The summed E-state index contributed by atoms with van der Waals surface area (Å²) >= 11 is 0. The van der Waals surface area contributed by atoms with Gasteiger partial charge in [-0.05, 0) is 24.7 Å². The molecule has 0 spiro atoms. The highest BCUT2D eigenvalue weighted by atomic mass is 16.5. The summed E-state index contributed by atoms with van der Waals surface area (Å²) in [6.07, 6.45) is 5.15. The number of carbonyl (C=O) groups excluding carboxylic acids is 1. The number of nitrogens with two attached hydrogens (primary N) is 1. The Morgan fingerprint density at radius 2 is 2.27 bits per heavy atom. The fraction of sp³-hybridized carbons (Fsp3) is 0.917. The Hall–Kier alpha value is -0.570. The van der Waals surface area contributed by atoms with Crippen LogP contribution in [-0.4, -0.2) is 19.1 Å². The first-order chi connectivity index (χ1) is 7.03. The maximum absolute atomic E-state index is 11.5. The maximum Gasteiger partial charge on any atom is 0.306 e. The average Bonchev–Trinajstić information content (AvgIpc) is 2.21. The Labute approximate surface area is 92.4 Å². The third-order valence-electron chi connectivity index (χ3n) is 4.12. The third kappa shape index (κ3) is 2.51. The van der Waals surface area contributed by atoms with Gasteiger partial charge in [0.1, 0.15) is 0 Å². The van der Waals surface area contributed by atoms with Crippen molar-refractivity contribution in [3.8, 4) is 0 Å². The molecule has 0 aromatic rings. The van der Waals surface area contributed by atoms with Gasteiger partial charge in [0, 0.05) is 6.04 Å². The molecule has 0 amide bonds. The summed E-state index contributed by atoms with van der Waals surface area (Å²) in [5.41, 5.74) is 6.05. The van der Waals surface area contributed by atoms with Crippen molar-refractivity contribution in [2.45, 2.75) is 52.0 Å². The molecule has 1 fully saturated rings. The highest BCUT2D eigenvalue weighted by Gasteiger charge is 2.43. The Morgan fingerprint density at radius 3 is 2.73 bits per heavy atom. The number of hydrogen-bond acceptors (Lipinski definition) is 3. The van der Waals surface area contributed by atoms with Gasteiger partial charge in [-0.15, -0.1) is 0 Å². The fourth-order valence-corrected chi connectivity index (χ4v) is 2.88. The Kier molecular flexibility index (Phi) is 4.14. The molecule has 3 unspecified atom stereocenters. The molecule has 3 heteroatoms. The quantitative estimate of drug-likeness (QED) is 0.730. The highest BCUT2D eigenvalue weighted by molar-refractivity contribution is 5.70. The number of hydrogen-bond donors (Lipinski definition) is 1. The van der Waals surface area contributed by atoms with E-state index in [1.807, 2.05) is 6.92 Å². The molecule has 15 heavy (non-hydrogen) atoms. The maximum atomic E-state index is 11.5. The van der Waals surface area contributed by atoms with E-state index >= 15 is 0 Å². The van der Waals surface area contributed by atoms with E-state index in [4.69, 9.17) is 10.5 Å². The van der Waals surface area contributed by atoms with Crippen molar-refractivity contribution in [3.63, 3.8) is 0 Å². The molecular weight excluding hydrogens is 190 g/mol. The number of rotatable bonds is 3. The van der Waals surface area contributed by atoms with E-state index in [9.17, 15) is 4.79 Å². The summed E-state index contributed by atoms with van der Waals surface area (Å²) in [5, 5.41) is 0. The van der Waals surface area contributed by atoms with Crippen molar-refractivity contribution in [3.05, 3.63) is 0 Å². The molecule has 0 aliphatic heterocycles. The van der Waals surface area contributed by atoms with E-state index in [1.54, 1.807) is 0 Å². The molecule has 2 N–H and O–H groups in total. The largest absolute Gasteiger partial charge is 0.469 e. The molecule has 0 radical (unpaired) electrons. The van der Waals surface area contributed by atoms with Crippen molar-refractivity contribution >= 4 is 5.97 Å². The normalized spacial score (nSPS) is 33.5. The van der Waals surface area contributed by atoms with Crippen LogP contribution >= 0.6 is 0 Å². The first kappa shape index (κ1) is 12.5. The van der Waals surface area contributed by atoms with E-state index in [2.05, 4.69) is 6.92 Å². The lowest BCUT2D eigenvalue weighted by molar-refractivity contribution is -0.145. The van der Waals surface area contributed by atoms with Crippen molar-refractivity contribution in [2.24, 2.45) is 17.1 Å². The summed E-state index contributed by atoms with van der Waals surface area (Å²) in [6.45, 7) is 4.23. The van der Waals surface area contributed by atoms with Gasteiger partial charge in [0.15, 0.2) is 0 Å². The van der Waals surface area contributed by atoms with Crippen LogP contribution in [0.5, 0.6) is 0 Å². The second kappa shape index (κ2) is 4.97. The van der Waals surface area contributed by atoms with Crippen LogP contribution in [0.3, 0.4) is 0 Å². The van der Waals surface area contributed by atoms with E-state index < -0.39 is 0 Å². The summed E-state index contributed by atoms with van der Waals surface area (Å²) in [6, 6.07) is 0.0619. The number of esters is 1. The SMILES string of the molecule is COC(=O)CC1(C(C)N)CCCCC1C. The Bertz CT molecular complexity index is 228. The smallest absolute Gasteiger partial charge is 0.306 e. The van der Waals surface area contributed by atoms with Gasteiger partial charge in [0.05, 0.1) is 13.5 Å². The summed E-state index contributed by atoms with van der Waals surface area (Å²) in [4.78, 5) is 11.5. The molecular formula is C12H23NO2. The van der Waals surface area contributed by atoms with Gasteiger partial charge in [0.2, 0.25) is 0 Å². The molecule has 0 heterocycles. The fourth-order valence-electron chi connectivity index (χ4n) is 2.88. The summed E-state index contributed by atoms with van der Waals surface area (Å²) in [7, 11) is 1.45. The van der Waals surface area contributed by atoms with Crippen LogP contribution in [-0.2, 0) is 9.53 Å². The monoisotopic (exact) mass is 213 g/mol. The standard InChI is InChI=1S/C12H23NO2/c1-9-6-4-5-7-12(9,10(2)13)8-11(14)15-3/h9-10H,4-8,13H2,1-3H3. The second-order valence-electron chi connectivity index (χ2n) is 4.92. The first-order valence-electron chi connectivity index (χ1n) is 5.85. The van der Waals surface area contributed by atoms with Gasteiger partial charge in [-0.25, -0.2) is 0 Å². The molecule has 1 aliphatic rings. The minimum Gasteiger partial charge on any atom is -0.469 e. The van der Waals surface area contributed by atoms with Crippen LogP contribution in [0.25, 0.3) is 0 Å². The van der Waals surface area contributed by atoms with Crippen LogP contribution in [0.15, 0.2) is 0 Å². The van der Waals surface area contributed by atoms with E-state index in [-0.39, 0.29) is 17.4 Å². The number of methoxy groups -OCH3 is 1. The molecule has 0 bridgehead atoms. The lowest BCUT2D eigenvalue weighted by Gasteiger charge is -2.45. The van der Waals surface area contributed by atoms with Crippen LogP contribution in [0, 0.1) is 11.3 Å². The van der Waals surface area contributed by atoms with Gasteiger partial charge in [-0.2, -0.15) is 0 Å². The zero-order valence-electron chi connectivity index (χ0n) is 10.1. The molecule has 1 aliphatic carbocycles.